The number of hydrogen-bond donors (Lipinski definition) is 2. The summed E-state index contributed by atoms with van der Waals surface area (Å²) < 4.78 is 0. The third kappa shape index (κ3) is 4.19. The summed E-state index contributed by atoms with van der Waals surface area (Å²) in [6.45, 7) is 0. The fourth-order valence-corrected chi connectivity index (χ4v) is 1.80. The second-order valence-corrected chi connectivity index (χ2v) is 4.73. The Morgan fingerprint density at radius 2 is 1.62 bits per heavy atom. The number of nitrogens with one attached hydrogen (secondary N) is 1. The van der Waals surface area contributed by atoms with Gasteiger partial charge in [-0.05, 0) is 35.9 Å². The fraction of sp³-hybridized carbons (Fsp3) is 0. The van der Waals surface area contributed by atoms with Gasteiger partial charge in [-0.1, -0.05) is 41.9 Å². The molecule has 0 atom stereocenters. The number of halogens is 1. The van der Waals surface area contributed by atoms with E-state index < -0.39 is 11.8 Å². The van der Waals surface area contributed by atoms with E-state index in [0.29, 0.717) is 16.1 Å². The van der Waals surface area contributed by atoms with E-state index in [1.54, 1.807) is 54.6 Å². The molecular formula is C16H13ClN2O2. The van der Waals surface area contributed by atoms with Crippen LogP contribution in [0.25, 0.3) is 6.08 Å². The minimum atomic E-state index is -0.714. The van der Waals surface area contributed by atoms with Gasteiger partial charge in [0, 0.05) is 10.6 Å². The quantitative estimate of drug-likeness (QED) is 0.852. The molecule has 0 heterocycles. The second kappa shape index (κ2) is 6.72. The zero-order chi connectivity index (χ0) is 15.2. The minimum Gasteiger partial charge on any atom is -0.364 e. The molecule has 0 saturated carbocycles. The van der Waals surface area contributed by atoms with Crippen molar-refractivity contribution >= 4 is 29.5 Å². The highest BCUT2D eigenvalue weighted by Gasteiger charge is 2.11. The Balaban J connectivity index is 2.22. The standard InChI is InChI=1S/C16H13ClN2O2/c17-13-8-6-11(7-9-13)10-14(15(18)20)19-16(21)12-4-2-1-3-5-12/h1-10H,(H2,18,20)(H,19,21). The Kier molecular flexibility index (Phi) is 4.74. The number of primary amides is 1. The first-order valence-corrected chi connectivity index (χ1v) is 6.57. The molecule has 0 spiro atoms. The van der Waals surface area contributed by atoms with E-state index in [9.17, 15) is 9.59 Å². The van der Waals surface area contributed by atoms with E-state index in [2.05, 4.69) is 5.32 Å². The Bertz CT molecular complexity index is 679. The van der Waals surface area contributed by atoms with E-state index in [1.165, 1.54) is 6.08 Å². The maximum atomic E-state index is 12.0. The van der Waals surface area contributed by atoms with Crippen molar-refractivity contribution in [2.24, 2.45) is 5.73 Å². The first kappa shape index (κ1) is 14.8. The molecule has 0 aromatic heterocycles. The SMILES string of the molecule is NC(=O)C(=Cc1ccc(Cl)cc1)NC(=O)c1ccccc1. The molecule has 0 fully saturated rings. The zero-order valence-corrected chi connectivity index (χ0v) is 11.8. The fourth-order valence-electron chi connectivity index (χ4n) is 1.68. The van der Waals surface area contributed by atoms with Crippen LogP contribution in [0.4, 0.5) is 0 Å². The van der Waals surface area contributed by atoms with E-state index in [4.69, 9.17) is 17.3 Å². The molecule has 0 aliphatic rings. The van der Waals surface area contributed by atoms with Gasteiger partial charge in [-0.3, -0.25) is 9.59 Å². The summed E-state index contributed by atoms with van der Waals surface area (Å²) >= 11 is 5.79. The average Bonchev–Trinajstić information content (AvgIpc) is 2.49. The number of carbonyl (C=O) groups excluding carboxylic acids is 2. The average molecular weight is 301 g/mol. The number of benzene rings is 2. The van der Waals surface area contributed by atoms with Crippen LogP contribution < -0.4 is 11.1 Å². The largest absolute Gasteiger partial charge is 0.364 e. The van der Waals surface area contributed by atoms with Crippen molar-refractivity contribution < 1.29 is 9.59 Å². The number of amides is 2. The Labute approximate surface area is 127 Å². The van der Waals surface area contributed by atoms with E-state index in [0.717, 1.165) is 0 Å². The van der Waals surface area contributed by atoms with Gasteiger partial charge in [0.05, 0.1) is 0 Å². The first-order valence-electron chi connectivity index (χ1n) is 6.20. The molecule has 0 radical (unpaired) electrons. The molecule has 0 aliphatic carbocycles. The van der Waals surface area contributed by atoms with Crippen molar-refractivity contribution in [3.8, 4) is 0 Å². The monoisotopic (exact) mass is 300 g/mol. The number of nitrogens with two attached hydrogens (primary N) is 1. The number of carbonyl (C=O) groups is 2. The van der Waals surface area contributed by atoms with Crippen molar-refractivity contribution in [1.29, 1.82) is 0 Å². The molecule has 0 saturated heterocycles. The Hall–Kier alpha value is -2.59. The summed E-state index contributed by atoms with van der Waals surface area (Å²) in [5.41, 5.74) is 6.47. The third-order valence-corrected chi connectivity index (χ3v) is 2.98. The smallest absolute Gasteiger partial charge is 0.265 e. The molecule has 0 unspecified atom stereocenters. The molecular weight excluding hydrogens is 288 g/mol. The van der Waals surface area contributed by atoms with Crippen LogP contribution in [0, 0.1) is 0 Å². The van der Waals surface area contributed by atoms with Crippen LogP contribution in [-0.4, -0.2) is 11.8 Å². The summed E-state index contributed by atoms with van der Waals surface area (Å²) in [5.74, 6) is -1.11. The van der Waals surface area contributed by atoms with Crippen molar-refractivity contribution in [1.82, 2.24) is 5.32 Å². The summed E-state index contributed by atoms with van der Waals surface area (Å²) in [6.07, 6.45) is 1.50. The highest BCUT2D eigenvalue weighted by molar-refractivity contribution is 6.30. The molecule has 2 aromatic rings. The molecule has 4 nitrogen and oxygen atoms in total. The molecule has 2 rings (SSSR count). The lowest BCUT2D eigenvalue weighted by atomic mass is 10.1. The van der Waals surface area contributed by atoms with Crippen molar-refractivity contribution in [3.63, 3.8) is 0 Å². The van der Waals surface area contributed by atoms with Crippen molar-refractivity contribution in [2.45, 2.75) is 0 Å². The molecule has 3 N–H and O–H groups in total. The van der Waals surface area contributed by atoms with Gasteiger partial charge in [0.25, 0.3) is 11.8 Å². The second-order valence-electron chi connectivity index (χ2n) is 4.29. The molecule has 106 valence electrons. The van der Waals surface area contributed by atoms with Crippen LogP contribution >= 0.6 is 11.6 Å². The topological polar surface area (TPSA) is 72.2 Å². The van der Waals surface area contributed by atoms with Gasteiger partial charge in [-0.15, -0.1) is 0 Å². The first-order chi connectivity index (χ1) is 10.1. The summed E-state index contributed by atoms with van der Waals surface area (Å²) in [4.78, 5) is 23.5. The van der Waals surface area contributed by atoms with Crippen molar-refractivity contribution in [2.75, 3.05) is 0 Å². The maximum absolute atomic E-state index is 12.0. The summed E-state index contributed by atoms with van der Waals surface area (Å²) in [7, 11) is 0. The van der Waals surface area contributed by atoms with Crippen LogP contribution in [-0.2, 0) is 4.79 Å². The third-order valence-electron chi connectivity index (χ3n) is 2.73. The van der Waals surface area contributed by atoms with Gasteiger partial charge >= 0.3 is 0 Å². The predicted octanol–water partition coefficient (Wildman–Crippen LogP) is 2.60. The van der Waals surface area contributed by atoms with Gasteiger partial charge in [-0.2, -0.15) is 0 Å². The molecule has 0 aliphatic heterocycles. The maximum Gasteiger partial charge on any atom is 0.265 e. The predicted molar refractivity (Wildman–Crippen MR) is 82.5 cm³/mol. The lowest BCUT2D eigenvalue weighted by molar-refractivity contribution is -0.114. The molecule has 2 aromatic carbocycles. The van der Waals surface area contributed by atoms with Crippen LogP contribution in [0.5, 0.6) is 0 Å². The van der Waals surface area contributed by atoms with Gasteiger partial charge in [-0.25, -0.2) is 0 Å². The molecule has 21 heavy (non-hydrogen) atoms. The van der Waals surface area contributed by atoms with Crippen LogP contribution in [0.15, 0.2) is 60.3 Å². The van der Waals surface area contributed by atoms with Gasteiger partial charge < -0.3 is 11.1 Å². The van der Waals surface area contributed by atoms with E-state index >= 15 is 0 Å². The number of hydrogen-bond acceptors (Lipinski definition) is 2. The van der Waals surface area contributed by atoms with Crippen LogP contribution in [0.2, 0.25) is 5.02 Å². The Morgan fingerprint density at radius 3 is 2.19 bits per heavy atom. The highest BCUT2D eigenvalue weighted by Crippen LogP contribution is 2.12. The highest BCUT2D eigenvalue weighted by atomic mass is 35.5. The lowest BCUT2D eigenvalue weighted by Crippen LogP contribution is -2.31. The molecule has 2 amide bonds. The van der Waals surface area contributed by atoms with Gasteiger partial charge in [0.15, 0.2) is 0 Å². The zero-order valence-electron chi connectivity index (χ0n) is 11.0. The van der Waals surface area contributed by atoms with Crippen LogP contribution in [0.3, 0.4) is 0 Å². The lowest BCUT2D eigenvalue weighted by Gasteiger charge is -2.07. The number of rotatable bonds is 4. The van der Waals surface area contributed by atoms with E-state index in [-0.39, 0.29) is 5.70 Å². The van der Waals surface area contributed by atoms with Gasteiger partial charge in [0.1, 0.15) is 5.70 Å². The summed E-state index contributed by atoms with van der Waals surface area (Å²) in [6, 6.07) is 15.4. The van der Waals surface area contributed by atoms with Crippen LogP contribution in [0.1, 0.15) is 15.9 Å². The van der Waals surface area contributed by atoms with Gasteiger partial charge in [0.2, 0.25) is 0 Å². The molecule has 0 bridgehead atoms. The van der Waals surface area contributed by atoms with E-state index in [1.807, 2.05) is 0 Å². The van der Waals surface area contributed by atoms with Crippen molar-refractivity contribution in [3.05, 3.63) is 76.4 Å². The Morgan fingerprint density at radius 1 is 1.00 bits per heavy atom. The summed E-state index contributed by atoms with van der Waals surface area (Å²) in [5, 5.41) is 3.09. The minimum absolute atomic E-state index is 0.0196. The molecule has 5 heteroatoms. The normalized spacial score (nSPS) is 11.0.